The van der Waals surface area contributed by atoms with E-state index in [0.29, 0.717) is 19.7 Å². The molecule has 1 saturated heterocycles. The van der Waals surface area contributed by atoms with Crippen molar-refractivity contribution in [3.05, 3.63) is 60.7 Å². The minimum Gasteiger partial charge on any atom is -0.394 e. The molecule has 0 aromatic heterocycles. The Hall–Kier alpha value is -2.37. The minimum absolute atomic E-state index is 0.0829. The van der Waals surface area contributed by atoms with E-state index in [-0.39, 0.29) is 18.7 Å². The van der Waals surface area contributed by atoms with Gasteiger partial charge in [0.25, 0.3) is 0 Å². The number of carbonyl (C=O) groups excluding carboxylic acids is 1. The third-order valence-corrected chi connectivity index (χ3v) is 3.83. The van der Waals surface area contributed by atoms with Crippen LogP contribution < -0.4 is 4.90 Å². The molecule has 120 valence electrons. The number of anilines is 2. The van der Waals surface area contributed by atoms with Gasteiger partial charge in [-0.1, -0.05) is 36.4 Å². The number of aliphatic hydroxyl groups is 1. The summed E-state index contributed by atoms with van der Waals surface area (Å²) in [6, 6.07) is 19.0. The monoisotopic (exact) mass is 312 g/mol. The molecule has 5 heteroatoms. The summed E-state index contributed by atoms with van der Waals surface area (Å²) in [5.41, 5.74) is 1.63. The average molecular weight is 312 g/mol. The topological polar surface area (TPSA) is 53.0 Å². The minimum atomic E-state index is -0.318. The van der Waals surface area contributed by atoms with Crippen molar-refractivity contribution in [2.24, 2.45) is 0 Å². The first-order valence-electron chi connectivity index (χ1n) is 7.71. The molecule has 1 fully saturated rings. The summed E-state index contributed by atoms with van der Waals surface area (Å²) in [5.74, 6) is 0. The predicted molar refractivity (Wildman–Crippen MR) is 88.8 cm³/mol. The van der Waals surface area contributed by atoms with Gasteiger partial charge in [-0.15, -0.1) is 0 Å². The van der Waals surface area contributed by atoms with Crippen LogP contribution in [0, 0.1) is 0 Å². The van der Waals surface area contributed by atoms with Crippen molar-refractivity contribution < 1.29 is 14.6 Å². The van der Waals surface area contributed by atoms with Crippen molar-refractivity contribution in [1.82, 2.24) is 4.90 Å². The van der Waals surface area contributed by atoms with Crippen molar-refractivity contribution in [2.45, 2.75) is 6.10 Å². The molecule has 0 aliphatic carbocycles. The van der Waals surface area contributed by atoms with Gasteiger partial charge in [-0.2, -0.15) is 0 Å². The Bertz CT molecular complexity index is 594. The number of rotatable bonds is 3. The number of amides is 2. The third-order valence-electron chi connectivity index (χ3n) is 3.83. The van der Waals surface area contributed by atoms with Gasteiger partial charge in [0.2, 0.25) is 0 Å². The number of benzene rings is 2. The Balaban J connectivity index is 1.91. The molecule has 2 aromatic carbocycles. The highest BCUT2D eigenvalue weighted by atomic mass is 16.5. The van der Waals surface area contributed by atoms with Crippen molar-refractivity contribution in [3.63, 3.8) is 0 Å². The summed E-state index contributed by atoms with van der Waals surface area (Å²) in [5, 5.41) is 9.29. The van der Waals surface area contributed by atoms with Gasteiger partial charge in [0.15, 0.2) is 0 Å². The fourth-order valence-electron chi connectivity index (χ4n) is 2.67. The smallest absolute Gasteiger partial charge is 0.329 e. The van der Waals surface area contributed by atoms with Crippen LogP contribution in [0.4, 0.5) is 16.2 Å². The van der Waals surface area contributed by atoms with Crippen LogP contribution in [-0.4, -0.2) is 48.4 Å². The van der Waals surface area contributed by atoms with Gasteiger partial charge in [0, 0.05) is 6.54 Å². The van der Waals surface area contributed by atoms with E-state index in [1.807, 2.05) is 60.7 Å². The predicted octanol–water partition coefficient (Wildman–Crippen LogP) is 2.64. The van der Waals surface area contributed by atoms with Gasteiger partial charge in [0.05, 0.1) is 37.2 Å². The lowest BCUT2D eigenvalue weighted by Gasteiger charge is -2.36. The van der Waals surface area contributed by atoms with E-state index in [4.69, 9.17) is 4.74 Å². The molecule has 0 spiro atoms. The van der Waals surface area contributed by atoms with E-state index in [9.17, 15) is 9.90 Å². The molecule has 1 N–H and O–H groups in total. The number of morpholine rings is 1. The lowest BCUT2D eigenvalue weighted by Crippen LogP contribution is -2.50. The first-order chi connectivity index (χ1) is 11.3. The van der Waals surface area contributed by atoms with Crippen LogP contribution in [0.2, 0.25) is 0 Å². The standard InChI is InChI=1S/C18H20N2O3/c21-14-17-13-19(11-12-23-17)18(22)20(15-7-3-1-4-8-15)16-9-5-2-6-10-16/h1-10,17,21H,11-14H2/t17-/m1/s1. The molecule has 5 nitrogen and oxygen atoms in total. The van der Waals surface area contributed by atoms with E-state index < -0.39 is 0 Å². The second-order valence-corrected chi connectivity index (χ2v) is 5.41. The number of nitrogens with zero attached hydrogens (tertiary/aromatic N) is 2. The Morgan fingerprint density at radius 3 is 2.17 bits per heavy atom. The molecule has 1 heterocycles. The van der Waals surface area contributed by atoms with Crippen LogP contribution in [-0.2, 0) is 4.74 Å². The molecule has 2 aromatic rings. The molecule has 2 amide bonds. The van der Waals surface area contributed by atoms with Crippen molar-refractivity contribution in [1.29, 1.82) is 0 Å². The molecule has 0 saturated carbocycles. The van der Waals surface area contributed by atoms with Crippen molar-refractivity contribution in [3.8, 4) is 0 Å². The van der Waals surface area contributed by atoms with Crippen LogP contribution in [0.1, 0.15) is 0 Å². The summed E-state index contributed by atoms with van der Waals surface area (Å²) >= 11 is 0. The van der Waals surface area contributed by atoms with E-state index in [0.717, 1.165) is 11.4 Å². The van der Waals surface area contributed by atoms with Gasteiger partial charge >= 0.3 is 6.03 Å². The van der Waals surface area contributed by atoms with Crippen LogP contribution in [0.25, 0.3) is 0 Å². The van der Waals surface area contributed by atoms with Gasteiger partial charge in [-0.3, -0.25) is 4.90 Å². The Labute approximate surface area is 135 Å². The highest BCUT2D eigenvalue weighted by Gasteiger charge is 2.28. The number of hydrogen-bond donors (Lipinski definition) is 1. The maximum Gasteiger partial charge on any atom is 0.329 e. The molecular weight excluding hydrogens is 292 g/mol. The number of carbonyl (C=O) groups is 1. The maximum absolute atomic E-state index is 13.1. The highest BCUT2D eigenvalue weighted by molar-refractivity contribution is 5.99. The van der Waals surface area contributed by atoms with Crippen LogP contribution >= 0.6 is 0 Å². The van der Waals surface area contributed by atoms with E-state index >= 15 is 0 Å². The Morgan fingerprint density at radius 2 is 1.65 bits per heavy atom. The number of para-hydroxylation sites is 2. The molecule has 1 atom stereocenters. The number of hydrogen-bond acceptors (Lipinski definition) is 3. The summed E-state index contributed by atoms with van der Waals surface area (Å²) in [6.07, 6.45) is -0.318. The summed E-state index contributed by atoms with van der Waals surface area (Å²) in [7, 11) is 0. The van der Waals surface area contributed by atoms with Crippen LogP contribution in [0.5, 0.6) is 0 Å². The van der Waals surface area contributed by atoms with Crippen molar-refractivity contribution in [2.75, 3.05) is 31.2 Å². The lowest BCUT2D eigenvalue weighted by atomic mass is 10.2. The Morgan fingerprint density at radius 1 is 1.09 bits per heavy atom. The zero-order valence-corrected chi connectivity index (χ0v) is 12.8. The van der Waals surface area contributed by atoms with E-state index in [1.54, 1.807) is 9.80 Å². The lowest BCUT2D eigenvalue weighted by molar-refractivity contribution is -0.0393. The van der Waals surface area contributed by atoms with Crippen LogP contribution in [0.3, 0.4) is 0 Å². The molecule has 0 radical (unpaired) electrons. The van der Waals surface area contributed by atoms with Crippen LogP contribution in [0.15, 0.2) is 60.7 Å². The SMILES string of the molecule is O=C(N1CCO[C@@H](CO)C1)N(c1ccccc1)c1ccccc1. The molecule has 0 unspecified atom stereocenters. The second-order valence-electron chi connectivity index (χ2n) is 5.41. The molecular formula is C18H20N2O3. The fourth-order valence-corrected chi connectivity index (χ4v) is 2.67. The molecule has 3 rings (SSSR count). The molecule has 1 aliphatic heterocycles. The largest absolute Gasteiger partial charge is 0.394 e. The van der Waals surface area contributed by atoms with Crippen molar-refractivity contribution >= 4 is 17.4 Å². The van der Waals surface area contributed by atoms with Gasteiger partial charge in [-0.05, 0) is 24.3 Å². The number of ether oxygens (including phenoxy) is 1. The zero-order valence-electron chi connectivity index (χ0n) is 12.8. The van der Waals surface area contributed by atoms with Gasteiger partial charge in [-0.25, -0.2) is 4.79 Å². The Kier molecular flexibility index (Phi) is 4.90. The zero-order chi connectivity index (χ0) is 16.1. The molecule has 0 bridgehead atoms. The normalized spacial score (nSPS) is 17.8. The van der Waals surface area contributed by atoms with E-state index in [1.165, 1.54) is 0 Å². The van der Waals surface area contributed by atoms with E-state index in [2.05, 4.69) is 0 Å². The number of urea groups is 1. The summed E-state index contributed by atoms with van der Waals surface area (Å²) in [4.78, 5) is 16.5. The number of aliphatic hydroxyl groups excluding tert-OH is 1. The summed E-state index contributed by atoms with van der Waals surface area (Å²) < 4.78 is 5.44. The highest BCUT2D eigenvalue weighted by Crippen LogP contribution is 2.27. The first-order valence-corrected chi connectivity index (χ1v) is 7.71. The fraction of sp³-hybridized carbons (Fsp3) is 0.278. The molecule has 23 heavy (non-hydrogen) atoms. The summed E-state index contributed by atoms with van der Waals surface area (Å²) in [6.45, 7) is 1.27. The maximum atomic E-state index is 13.1. The average Bonchev–Trinajstić information content (AvgIpc) is 2.64. The van der Waals surface area contributed by atoms with Gasteiger partial charge < -0.3 is 14.7 Å². The third kappa shape index (κ3) is 3.52. The quantitative estimate of drug-likeness (QED) is 0.948. The second kappa shape index (κ2) is 7.26. The molecule has 1 aliphatic rings. The van der Waals surface area contributed by atoms with Gasteiger partial charge in [0.1, 0.15) is 0 Å². The first kappa shape index (κ1) is 15.5.